The Labute approximate surface area is 198 Å². The molecule has 0 aliphatic rings. The van der Waals surface area contributed by atoms with Crippen LogP contribution in [0.3, 0.4) is 0 Å². The standard InChI is InChI=1S/C23H17Cl2N5O3/c24-15-8-9-18-20(13-15)28-22(17-6-1-2-7-19(17)25)29-21(18)26-10-11-27-23(31)14-4-3-5-16(12-14)30(32)33/h1-9,12-13H,10-11H2,(H,27,31)(H,26,28,29). The van der Waals surface area contributed by atoms with Gasteiger partial charge in [-0.25, -0.2) is 9.97 Å². The van der Waals surface area contributed by atoms with Crippen LogP contribution in [0.4, 0.5) is 11.5 Å². The number of amides is 1. The Kier molecular flexibility index (Phi) is 6.67. The molecule has 166 valence electrons. The molecule has 0 saturated carbocycles. The Balaban J connectivity index is 1.51. The maximum Gasteiger partial charge on any atom is 0.270 e. The minimum Gasteiger partial charge on any atom is -0.368 e. The zero-order chi connectivity index (χ0) is 23.4. The second-order valence-corrected chi connectivity index (χ2v) is 7.87. The lowest BCUT2D eigenvalue weighted by atomic mass is 10.2. The summed E-state index contributed by atoms with van der Waals surface area (Å²) in [5.41, 5.74) is 1.41. The number of non-ortho nitro benzene ring substituents is 1. The van der Waals surface area contributed by atoms with Crippen molar-refractivity contribution < 1.29 is 9.72 Å². The van der Waals surface area contributed by atoms with Crippen LogP contribution in [0.15, 0.2) is 66.7 Å². The van der Waals surface area contributed by atoms with Gasteiger partial charge in [0.2, 0.25) is 0 Å². The van der Waals surface area contributed by atoms with Crippen molar-refractivity contribution in [3.05, 3.63) is 92.5 Å². The minimum absolute atomic E-state index is 0.140. The molecule has 0 bridgehead atoms. The molecule has 3 aromatic carbocycles. The molecule has 1 aromatic heterocycles. The molecule has 0 unspecified atom stereocenters. The summed E-state index contributed by atoms with van der Waals surface area (Å²) >= 11 is 12.5. The first-order valence-electron chi connectivity index (χ1n) is 9.91. The molecule has 0 saturated heterocycles. The van der Waals surface area contributed by atoms with E-state index in [1.165, 1.54) is 24.3 Å². The zero-order valence-corrected chi connectivity index (χ0v) is 18.6. The number of aromatic nitrogens is 2. The summed E-state index contributed by atoms with van der Waals surface area (Å²) in [6, 6.07) is 18.1. The predicted molar refractivity (Wildman–Crippen MR) is 129 cm³/mol. The quantitative estimate of drug-likeness (QED) is 0.209. The third-order valence-corrected chi connectivity index (χ3v) is 5.36. The molecule has 8 nitrogen and oxygen atoms in total. The van der Waals surface area contributed by atoms with Crippen LogP contribution in [0.25, 0.3) is 22.3 Å². The average molecular weight is 482 g/mol. The third kappa shape index (κ3) is 5.19. The Bertz CT molecular complexity index is 1360. The van der Waals surface area contributed by atoms with E-state index in [9.17, 15) is 14.9 Å². The Morgan fingerprint density at radius 2 is 1.79 bits per heavy atom. The van der Waals surface area contributed by atoms with Crippen LogP contribution in [-0.4, -0.2) is 33.9 Å². The van der Waals surface area contributed by atoms with E-state index in [0.717, 1.165) is 5.39 Å². The zero-order valence-electron chi connectivity index (χ0n) is 17.1. The lowest BCUT2D eigenvalue weighted by Crippen LogP contribution is -2.29. The number of halogens is 2. The van der Waals surface area contributed by atoms with Crippen molar-refractivity contribution in [1.29, 1.82) is 0 Å². The number of hydrogen-bond donors (Lipinski definition) is 2. The van der Waals surface area contributed by atoms with Gasteiger partial charge in [0.15, 0.2) is 5.82 Å². The topological polar surface area (TPSA) is 110 Å². The normalized spacial score (nSPS) is 10.7. The maximum atomic E-state index is 12.3. The first kappa shape index (κ1) is 22.4. The number of nitrogens with one attached hydrogen (secondary N) is 2. The van der Waals surface area contributed by atoms with E-state index in [1.807, 2.05) is 24.3 Å². The number of benzene rings is 3. The summed E-state index contributed by atoms with van der Waals surface area (Å²) in [6.07, 6.45) is 0. The summed E-state index contributed by atoms with van der Waals surface area (Å²) in [5, 5.41) is 18.7. The summed E-state index contributed by atoms with van der Waals surface area (Å²) in [7, 11) is 0. The molecule has 0 fully saturated rings. The lowest BCUT2D eigenvalue weighted by molar-refractivity contribution is -0.384. The highest BCUT2D eigenvalue weighted by molar-refractivity contribution is 6.33. The van der Waals surface area contributed by atoms with Gasteiger partial charge < -0.3 is 10.6 Å². The number of anilines is 1. The van der Waals surface area contributed by atoms with Gasteiger partial charge in [-0.3, -0.25) is 14.9 Å². The Morgan fingerprint density at radius 3 is 2.58 bits per heavy atom. The number of nitro benzene ring substituents is 1. The molecule has 0 spiro atoms. The SMILES string of the molecule is O=C(NCCNc1nc(-c2ccccc2Cl)nc2cc(Cl)ccc12)c1cccc([N+](=O)[O-])c1. The fraction of sp³-hybridized carbons (Fsp3) is 0.0870. The van der Waals surface area contributed by atoms with Crippen molar-refractivity contribution in [1.82, 2.24) is 15.3 Å². The van der Waals surface area contributed by atoms with Gasteiger partial charge in [0.25, 0.3) is 11.6 Å². The number of rotatable bonds is 7. The van der Waals surface area contributed by atoms with Gasteiger partial charge in [0.1, 0.15) is 5.82 Å². The molecule has 2 N–H and O–H groups in total. The molecule has 0 aliphatic heterocycles. The van der Waals surface area contributed by atoms with Gasteiger partial charge in [-0.05, 0) is 36.4 Å². The smallest absolute Gasteiger partial charge is 0.270 e. The summed E-state index contributed by atoms with van der Waals surface area (Å²) in [5.74, 6) is 0.603. The number of fused-ring (bicyclic) bond motifs is 1. The van der Waals surface area contributed by atoms with Crippen molar-refractivity contribution in [3.8, 4) is 11.4 Å². The molecular formula is C23H17Cl2N5O3. The van der Waals surface area contributed by atoms with Gasteiger partial charge in [-0.1, -0.05) is 41.4 Å². The Morgan fingerprint density at radius 1 is 0.970 bits per heavy atom. The van der Waals surface area contributed by atoms with E-state index in [4.69, 9.17) is 23.2 Å². The largest absolute Gasteiger partial charge is 0.368 e. The molecule has 4 aromatic rings. The van der Waals surface area contributed by atoms with Gasteiger partial charge >= 0.3 is 0 Å². The fourth-order valence-corrected chi connectivity index (χ4v) is 3.61. The van der Waals surface area contributed by atoms with Crippen LogP contribution >= 0.6 is 23.2 Å². The lowest BCUT2D eigenvalue weighted by Gasteiger charge is -2.12. The molecule has 33 heavy (non-hydrogen) atoms. The van der Waals surface area contributed by atoms with E-state index in [0.29, 0.717) is 39.3 Å². The van der Waals surface area contributed by atoms with Crippen LogP contribution in [0.5, 0.6) is 0 Å². The average Bonchev–Trinajstić information content (AvgIpc) is 2.81. The second-order valence-electron chi connectivity index (χ2n) is 7.03. The molecule has 1 heterocycles. The predicted octanol–water partition coefficient (Wildman–Crippen LogP) is 5.35. The van der Waals surface area contributed by atoms with E-state index < -0.39 is 10.8 Å². The first-order valence-corrected chi connectivity index (χ1v) is 10.7. The van der Waals surface area contributed by atoms with Crippen LogP contribution in [0.1, 0.15) is 10.4 Å². The van der Waals surface area contributed by atoms with E-state index in [2.05, 4.69) is 20.6 Å². The van der Waals surface area contributed by atoms with Crippen LogP contribution < -0.4 is 10.6 Å². The van der Waals surface area contributed by atoms with Gasteiger partial charge in [-0.15, -0.1) is 0 Å². The first-order chi connectivity index (χ1) is 15.9. The van der Waals surface area contributed by atoms with Crippen molar-refractivity contribution in [2.75, 3.05) is 18.4 Å². The van der Waals surface area contributed by atoms with Crippen molar-refractivity contribution in [2.24, 2.45) is 0 Å². The highest BCUT2D eigenvalue weighted by Gasteiger charge is 2.13. The van der Waals surface area contributed by atoms with Crippen molar-refractivity contribution >= 4 is 51.5 Å². The molecule has 4 rings (SSSR count). The van der Waals surface area contributed by atoms with Crippen molar-refractivity contribution in [2.45, 2.75) is 0 Å². The highest BCUT2D eigenvalue weighted by Crippen LogP contribution is 2.30. The highest BCUT2D eigenvalue weighted by atomic mass is 35.5. The maximum absolute atomic E-state index is 12.3. The van der Waals surface area contributed by atoms with E-state index in [-0.39, 0.29) is 17.8 Å². The van der Waals surface area contributed by atoms with E-state index >= 15 is 0 Å². The number of nitrogens with zero attached hydrogens (tertiary/aromatic N) is 3. The molecule has 0 atom stereocenters. The number of carbonyl (C=O) groups is 1. The van der Waals surface area contributed by atoms with Crippen LogP contribution in [0, 0.1) is 10.1 Å². The third-order valence-electron chi connectivity index (χ3n) is 4.80. The molecule has 0 radical (unpaired) electrons. The molecule has 10 heteroatoms. The molecule has 1 amide bonds. The summed E-state index contributed by atoms with van der Waals surface area (Å²) in [6.45, 7) is 0.624. The van der Waals surface area contributed by atoms with Gasteiger partial charge in [-0.2, -0.15) is 0 Å². The van der Waals surface area contributed by atoms with Crippen LogP contribution in [-0.2, 0) is 0 Å². The van der Waals surface area contributed by atoms with E-state index in [1.54, 1.807) is 18.2 Å². The van der Waals surface area contributed by atoms with Crippen LogP contribution in [0.2, 0.25) is 10.0 Å². The number of hydrogen-bond acceptors (Lipinski definition) is 6. The number of carbonyl (C=O) groups excluding carboxylic acids is 1. The number of nitro groups is 1. The summed E-state index contributed by atoms with van der Waals surface area (Å²) < 4.78 is 0. The molecular weight excluding hydrogens is 465 g/mol. The van der Waals surface area contributed by atoms with Gasteiger partial charge in [0.05, 0.1) is 15.5 Å². The Hall–Kier alpha value is -3.75. The molecule has 0 aliphatic carbocycles. The monoisotopic (exact) mass is 481 g/mol. The second kappa shape index (κ2) is 9.81. The minimum atomic E-state index is -0.540. The van der Waals surface area contributed by atoms with Crippen molar-refractivity contribution in [3.63, 3.8) is 0 Å². The fourth-order valence-electron chi connectivity index (χ4n) is 3.22. The summed E-state index contributed by atoms with van der Waals surface area (Å²) in [4.78, 5) is 31.9. The van der Waals surface area contributed by atoms with Gasteiger partial charge in [0, 0.05) is 46.8 Å².